The Morgan fingerprint density at radius 3 is 2.50 bits per heavy atom. The van der Waals surface area contributed by atoms with Gasteiger partial charge in [0.05, 0.1) is 11.0 Å². The molecule has 1 amide bonds. The second-order valence-electron chi connectivity index (χ2n) is 7.31. The van der Waals surface area contributed by atoms with E-state index in [-0.39, 0.29) is 5.91 Å². The molecule has 0 saturated heterocycles. The molecule has 1 N–H and O–H groups in total. The number of aryl methyl sites for hydroxylation is 1. The fourth-order valence-corrected chi connectivity index (χ4v) is 3.47. The number of allylic oxidation sites excluding steroid dienone is 1. The molecule has 0 aliphatic heterocycles. The van der Waals surface area contributed by atoms with Gasteiger partial charge < -0.3 is 9.88 Å². The zero-order valence-corrected chi connectivity index (χ0v) is 17.1. The van der Waals surface area contributed by atoms with Crippen LogP contribution in [-0.4, -0.2) is 22.0 Å². The molecule has 3 aromatic carbocycles. The number of benzene rings is 3. The van der Waals surface area contributed by atoms with Crippen LogP contribution in [0.25, 0.3) is 17.1 Å². The lowest BCUT2D eigenvalue weighted by Gasteiger charge is -2.08. The molecule has 30 heavy (non-hydrogen) atoms. The van der Waals surface area contributed by atoms with Gasteiger partial charge in [-0.15, -0.1) is 0 Å². The SMILES string of the molecule is Cc1ccc(C(=O)NCCc2nc3ccccc3n2C/C=C/c2ccccc2)cc1. The molecule has 0 unspecified atom stereocenters. The van der Waals surface area contributed by atoms with Crippen molar-refractivity contribution in [3.8, 4) is 0 Å². The number of para-hydroxylation sites is 2. The molecular weight excluding hydrogens is 370 g/mol. The van der Waals surface area contributed by atoms with E-state index in [9.17, 15) is 4.79 Å². The van der Waals surface area contributed by atoms with Crippen LogP contribution in [0.5, 0.6) is 0 Å². The van der Waals surface area contributed by atoms with E-state index in [1.165, 1.54) is 5.56 Å². The Kier molecular flexibility index (Phi) is 6.04. The molecule has 0 fully saturated rings. The van der Waals surface area contributed by atoms with Gasteiger partial charge in [-0.2, -0.15) is 0 Å². The van der Waals surface area contributed by atoms with E-state index in [0.29, 0.717) is 18.5 Å². The molecule has 4 rings (SSSR count). The topological polar surface area (TPSA) is 46.9 Å². The molecular formula is C26H25N3O. The molecule has 0 spiro atoms. The van der Waals surface area contributed by atoms with Crippen LogP contribution >= 0.6 is 0 Å². The maximum atomic E-state index is 12.4. The molecule has 4 aromatic rings. The van der Waals surface area contributed by atoms with Crippen molar-refractivity contribution in [2.75, 3.05) is 6.54 Å². The van der Waals surface area contributed by atoms with Crippen molar-refractivity contribution < 1.29 is 4.79 Å². The van der Waals surface area contributed by atoms with Crippen molar-refractivity contribution in [2.24, 2.45) is 0 Å². The number of hydrogen-bond donors (Lipinski definition) is 1. The average Bonchev–Trinajstić information content (AvgIpc) is 3.12. The van der Waals surface area contributed by atoms with Crippen LogP contribution in [-0.2, 0) is 13.0 Å². The van der Waals surface area contributed by atoms with Gasteiger partial charge in [-0.3, -0.25) is 4.79 Å². The largest absolute Gasteiger partial charge is 0.352 e. The van der Waals surface area contributed by atoms with Gasteiger partial charge in [-0.25, -0.2) is 4.98 Å². The van der Waals surface area contributed by atoms with Crippen LogP contribution in [0, 0.1) is 6.92 Å². The molecule has 0 saturated carbocycles. The summed E-state index contributed by atoms with van der Waals surface area (Å²) in [5.74, 6) is 0.916. The monoisotopic (exact) mass is 395 g/mol. The molecule has 4 heteroatoms. The van der Waals surface area contributed by atoms with Gasteiger partial charge in [0.2, 0.25) is 0 Å². The number of fused-ring (bicyclic) bond motifs is 1. The van der Waals surface area contributed by atoms with E-state index < -0.39 is 0 Å². The number of nitrogens with one attached hydrogen (secondary N) is 1. The van der Waals surface area contributed by atoms with Gasteiger partial charge in [0.1, 0.15) is 5.82 Å². The Morgan fingerprint density at radius 1 is 0.967 bits per heavy atom. The minimum absolute atomic E-state index is 0.0540. The summed E-state index contributed by atoms with van der Waals surface area (Å²) >= 11 is 0. The highest BCUT2D eigenvalue weighted by Gasteiger charge is 2.10. The molecule has 0 radical (unpaired) electrons. The first-order chi connectivity index (χ1) is 14.7. The number of carbonyl (C=O) groups excluding carboxylic acids is 1. The van der Waals surface area contributed by atoms with Crippen LogP contribution in [0.2, 0.25) is 0 Å². The number of hydrogen-bond acceptors (Lipinski definition) is 2. The number of nitrogens with zero attached hydrogens (tertiary/aromatic N) is 2. The zero-order valence-electron chi connectivity index (χ0n) is 17.1. The molecule has 150 valence electrons. The Hall–Kier alpha value is -3.66. The van der Waals surface area contributed by atoms with Crippen molar-refractivity contribution in [3.05, 3.63) is 107 Å². The third-order valence-electron chi connectivity index (χ3n) is 5.08. The summed E-state index contributed by atoms with van der Waals surface area (Å²) in [7, 11) is 0. The van der Waals surface area contributed by atoms with Gasteiger partial charge in [-0.1, -0.05) is 72.3 Å². The van der Waals surface area contributed by atoms with Gasteiger partial charge in [-0.05, 0) is 36.8 Å². The molecule has 1 heterocycles. The van der Waals surface area contributed by atoms with Gasteiger partial charge in [0, 0.05) is 25.1 Å². The molecule has 0 aliphatic carbocycles. The number of rotatable bonds is 7. The zero-order chi connectivity index (χ0) is 20.8. The van der Waals surface area contributed by atoms with Crippen LogP contribution in [0.15, 0.2) is 84.9 Å². The third kappa shape index (κ3) is 4.66. The van der Waals surface area contributed by atoms with Crippen molar-refractivity contribution in [1.82, 2.24) is 14.9 Å². The van der Waals surface area contributed by atoms with E-state index in [4.69, 9.17) is 4.98 Å². The van der Waals surface area contributed by atoms with Gasteiger partial charge >= 0.3 is 0 Å². The highest BCUT2D eigenvalue weighted by atomic mass is 16.1. The summed E-state index contributed by atoms with van der Waals surface area (Å²) in [6.07, 6.45) is 4.95. The second-order valence-corrected chi connectivity index (χ2v) is 7.31. The van der Waals surface area contributed by atoms with Crippen LogP contribution in [0.3, 0.4) is 0 Å². The predicted octanol–water partition coefficient (Wildman–Crippen LogP) is 5.03. The quantitative estimate of drug-likeness (QED) is 0.477. The molecule has 0 aliphatic rings. The predicted molar refractivity (Wildman–Crippen MR) is 122 cm³/mol. The standard InChI is InChI=1S/C26H25N3O/c1-20-13-15-22(16-14-20)26(30)27-18-17-25-28-23-11-5-6-12-24(23)29(25)19-7-10-21-8-3-2-4-9-21/h2-16H,17-19H2,1H3,(H,27,30)/b10-7+. The minimum atomic E-state index is -0.0540. The van der Waals surface area contributed by atoms with Crippen molar-refractivity contribution >= 4 is 23.0 Å². The average molecular weight is 396 g/mol. The summed E-state index contributed by atoms with van der Waals surface area (Å²) in [5.41, 5.74) is 5.08. The van der Waals surface area contributed by atoms with E-state index in [1.54, 1.807) is 0 Å². The van der Waals surface area contributed by atoms with Crippen LogP contribution in [0.4, 0.5) is 0 Å². The van der Waals surface area contributed by atoms with Crippen molar-refractivity contribution in [1.29, 1.82) is 0 Å². The summed E-state index contributed by atoms with van der Waals surface area (Å²) in [5, 5.41) is 3.01. The first-order valence-electron chi connectivity index (χ1n) is 10.2. The first kappa shape index (κ1) is 19.6. The summed E-state index contributed by atoms with van der Waals surface area (Å²) < 4.78 is 2.22. The number of aromatic nitrogens is 2. The van der Waals surface area contributed by atoms with E-state index in [1.807, 2.05) is 67.6 Å². The van der Waals surface area contributed by atoms with Crippen LogP contribution in [0.1, 0.15) is 27.3 Å². The lowest BCUT2D eigenvalue weighted by Crippen LogP contribution is -2.26. The Bertz CT molecular complexity index is 1160. The van der Waals surface area contributed by atoms with E-state index in [0.717, 1.165) is 29.0 Å². The summed E-state index contributed by atoms with van der Waals surface area (Å²) in [4.78, 5) is 17.2. The maximum Gasteiger partial charge on any atom is 0.251 e. The smallest absolute Gasteiger partial charge is 0.251 e. The molecule has 0 bridgehead atoms. The maximum absolute atomic E-state index is 12.4. The number of amides is 1. The van der Waals surface area contributed by atoms with Gasteiger partial charge in [0.15, 0.2) is 0 Å². The fourth-order valence-electron chi connectivity index (χ4n) is 3.47. The fraction of sp³-hybridized carbons (Fsp3) is 0.154. The first-order valence-corrected chi connectivity index (χ1v) is 10.2. The third-order valence-corrected chi connectivity index (χ3v) is 5.08. The highest BCUT2D eigenvalue weighted by Crippen LogP contribution is 2.17. The molecule has 1 aromatic heterocycles. The Balaban J connectivity index is 1.46. The highest BCUT2D eigenvalue weighted by molar-refractivity contribution is 5.94. The summed E-state index contributed by atoms with van der Waals surface area (Å²) in [6.45, 7) is 3.29. The number of imidazole rings is 1. The lowest BCUT2D eigenvalue weighted by molar-refractivity contribution is 0.0954. The summed E-state index contributed by atoms with van der Waals surface area (Å²) in [6, 6.07) is 26.0. The van der Waals surface area contributed by atoms with E-state index >= 15 is 0 Å². The Labute approximate surface area is 176 Å². The lowest BCUT2D eigenvalue weighted by atomic mass is 10.1. The van der Waals surface area contributed by atoms with E-state index in [2.05, 4.69) is 40.2 Å². The normalized spacial score (nSPS) is 11.2. The Morgan fingerprint density at radius 2 is 1.70 bits per heavy atom. The van der Waals surface area contributed by atoms with Gasteiger partial charge in [0.25, 0.3) is 5.91 Å². The minimum Gasteiger partial charge on any atom is -0.352 e. The van der Waals surface area contributed by atoms with Crippen molar-refractivity contribution in [3.63, 3.8) is 0 Å². The number of carbonyl (C=O) groups is 1. The second kappa shape index (κ2) is 9.23. The van der Waals surface area contributed by atoms with Crippen LogP contribution < -0.4 is 5.32 Å². The van der Waals surface area contributed by atoms with Crippen molar-refractivity contribution in [2.45, 2.75) is 19.9 Å². The molecule has 4 nitrogen and oxygen atoms in total. The molecule has 0 atom stereocenters.